The second kappa shape index (κ2) is 5.98. The number of imidazole rings is 2. The topological polar surface area (TPSA) is 112 Å². The molecule has 0 saturated carbocycles. The number of aromatic amines is 2. The van der Waals surface area contributed by atoms with Gasteiger partial charge in [0, 0.05) is 18.3 Å². The van der Waals surface area contributed by atoms with Crippen LogP contribution >= 0.6 is 0 Å². The number of hydrogen-bond acceptors (Lipinski definition) is 4. The van der Waals surface area contributed by atoms with E-state index in [9.17, 15) is 4.79 Å². The highest BCUT2D eigenvalue weighted by Crippen LogP contribution is 2.13. The normalized spacial score (nSPS) is 12.5. The molecular weight excluding hydrogens is 280 g/mol. The van der Waals surface area contributed by atoms with Crippen molar-refractivity contribution in [1.29, 1.82) is 0 Å². The van der Waals surface area contributed by atoms with Gasteiger partial charge in [0.15, 0.2) is 0 Å². The number of H-pyrrole nitrogens is 2. The number of rotatable bonds is 5. The lowest BCUT2D eigenvalue weighted by Gasteiger charge is -2.10. The lowest BCUT2D eigenvalue weighted by Crippen LogP contribution is -2.41. The molecule has 1 atom stereocenters. The van der Waals surface area contributed by atoms with Crippen LogP contribution in [0.4, 0.5) is 0 Å². The standard InChI is InChI=1S/C15H18N6O/c1-9-2-3-12-13(4-9)21-14(20-12)7-18-15(22)11(16)5-10-6-17-8-19-10/h2-4,6,8,11H,5,7,16H2,1H3,(H,17,19)(H,18,22)(H,20,21)/t11-/m0/s1. The molecule has 1 aromatic carbocycles. The van der Waals surface area contributed by atoms with E-state index in [0.717, 1.165) is 22.3 Å². The minimum Gasteiger partial charge on any atom is -0.348 e. The summed E-state index contributed by atoms with van der Waals surface area (Å²) in [7, 11) is 0. The van der Waals surface area contributed by atoms with Crippen molar-refractivity contribution in [3.8, 4) is 0 Å². The number of hydrogen-bond donors (Lipinski definition) is 4. The maximum Gasteiger partial charge on any atom is 0.237 e. The molecule has 2 heterocycles. The molecule has 22 heavy (non-hydrogen) atoms. The molecule has 0 aliphatic heterocycles. The van der Waals surface area contributed by atoms with Crippen LogP contribution in [0.1, 0.15) is 17.1 Å². The Bertz CT molecular complexity index is 777. The lowest BCUT2D eigenvalue weighted by molar-refractivity contribution is -0.122. The van der Waals surface area contributed by atoms with E-state index in [1.165, 1.54) is 0 Å². The fraction of sp³-hybridized carbons (Fsp3) is 0.267. The first-order valence-electron chi connectivity index (χ1n) is 7.07. The van der Waals surface area contributed by atoms with Gasteiger partial charge >= 0.3 is 0 Å². The SMILES string of the molecule is Cc1ccc2nc(CNC(=O)[C@@H](N)Cc3cnc[nH]3)[nH]c2c1. The Morgan fingerprint density at radius 1 is 1.45 bits per heavy atom. The summed E-state index contributed by atoms with van der Waals surface area (Å²) in [5, 5.41) is 2.79. The predicted molar refractivity (Wildman–Crippen MR) is 82.9 cm³/mol. The van der Waals surface area contributed by atoms with E-state index in [0.29, 0.717) is 18.8 Å². The first-order chi connectivity index (χ1) is 10.6. The molecule has 114 valence electrons. The van der Waals surface area contributed by atoms with Crippen molar-refractivity contribution in [3.63, 3.8) is 0 Å². The molecule has 3 rings (SSSR count). The molecule has 0 saturated heterocycles. The summed E-state index contributed by atoms with van der Waals surface area (Å²) < 4.78 is 0. The molecule has 3 aromatic rings. The molecule has 1 amide bonds. The van der Waals surface area contributed by atoms with Crippen molar-refractivity contribution < 1.29 is 4.79 Å². The summed E-state index contributed by atoms with van der Waals surface area (Å²) in [5.74, 6) is 0.494. The molecule has 0 fully saturated rings. The van der Waals surface area contributed by atoms with Crippen molar-refractivity contribution in [2.45, 2.75) is 25.9 Å². The molecular formula is C15H18N6O. The third kappa shape index (κ3) is 3.15. The number of benzene rings is 1. The van der Waals surface area contributed by atoms with Crippen molar-refractivity contribution in [2.24, 2.45) is 5.73 Å². The summed E-state index contributed by atoms with van der Waals surface area (Å²) in [6, 6.07) is 5.37. The van der Waals surface area contributed by atoms with Crippen LogP contribution in [0.3, 0.4) is 0 Å². The van der Waals surface area contributed by atoms with Crippen LogP contribution in [-0.4, -0.2) is 31.9 Å². The summed E-state index contributed by atoms with van der Waals surface area (Å²) in [5.41, 5.74) is 9.72. The lowest BCUT2D eigenvalue weighted by atomic mass is 10.1. The van der Waals surface area contributed by atoms with Crippen LogP contribution in [0.25, 0.3) is 11.0 Å². The Balaban J connectivity index is 1.59. The van der Waals surface area contributed by atoms with Crippen LogP contribution in [0.2, 0.25) is 0 Å². The van der Waals surface area contributed by atoms with Gasteiger partial charge in [0.2, 0.25) is 5.91 Å². The van der Waals surface area contributed by atoms with Gasteiger partial charge in [-0.3, -0.25) is 4.79 Å². The van der Waals surface area contributed by atoms with E-state index in [1.807, 2.05) is 25.1 Å². The van der Waals surface area contributed by atoms with Gasteiger partial charge in [0.1, 0.15) is 5.82 Å². The number of amides is 1. The van der Waals surface area contributed by atoms with Crippen molar-refractivity contribution in [1.82, 2.24) is 25.3 Å². The molecule has 7 nitrogen and oxygen atoms in total. The predicted octanol–water partition coefficient (Wildman–Crippen LogP) is 0.781. The maximum absolute atomic E-state index is 12.0. The number of carbonyl (C=O) groups is 1. The number of aryl methyl sites for hydroxylation is 1. The number of nitrogens with zero attached hydrogens (tertiary/aromatic N) is 2. The van der Waals surface area contributed by atoms with Gasteiger partial charge in [0.25, 0.3) is 0 Å². The van der Waals surface area contributed by atoms with E-state index in [4.69, 9.17) is 5.73 Å². The van der Waals surface area contributed by atoms with Gasteiger partial charge in [-0.2, -0.15) is 0 Å². The Kier molecular flexibility index (Phi) is 3.88. The third-order valence-electron chi connectivity index (χ3n) is 3.45. The van der Waals surface area contributed by atoms with Crippen LogP contribution in [-0.2, 0) is 17.8 Å². The second-order valence-corrected chi connectivity index (χ2v) is 5.31. The average Bonchev–Trinajstić information content (AvgIpc) is 3.13. The zero-order valence-electron chi connectivity index (χ0n) is 12.3. The van der Waals surface area contributed by atoms with Gasteiger partial charge < -0.3 is 21.0 Å². The highest BCUT2D eigenvalue weighted by molar-refractivity contribution is 5.82. The quantitative estimate of drug-likeness (QED) is 0.557. The molecule has 0 aliphatic rings. The first kappa shape index (κ1) is 14.3. The Hall–Kier alpha value is -2.67. The molecule has 0 radical (unpaired) electrons. The highest BCUT2D eigenvalue weighted by atomic mass is 16.2. The van der Waals surface area contributed by atoms with Crippen molar-refractivity contribution >= 4 is 16.9 Å². The number of aromatic nitrogens is 4. The largest absolute Gasteiger partial charge is 0.348 e. The van der Waals surface area contributed by atoms with Crippen LogP contribution < -0.4 is 11.1 Å². The van der Waals surface area contributed by atoms with Gasteiger partial charge in [-0.15, -0.1) is 0 Å². The number of nitrogens with one attached hydrogen (secondary N) is 3. The van der Waals surface area contributed by atoms with Crippen LogP contribution in [0.15, 0.2) is 30.7 Å². The van der Waals surface area contributed by atoms with Crippen molar-refractivity contribution in [3.05, 3.63) is 47.8 Å². The molecule has 5 N–H and O–H groups in total. The van der Waals surface area contributed by atoms with E-state index < -0.39 is 6.04 Å². The second-order valence-electron chi connectivity index (χ2n) is 5.31. The van der Waals surface area contributed by atoms with Gasteiger partial charge in [0.05, 0.1) is 29.9 Å². The number of fused-ring (bicyclic) bond motifs is 1. The average molecular weight is 298 g/mol. The number of nitrogens with two attached hydrogens (primary N) is 1. The molecule has 0 unspecified atom stereocenters. The fourth-order valence-electron chi connectivity index (χ4n) is 2.29. The van der Waals surface area contributed by atoms with Gasteiger partial charge in [-0.25, -0.2) is 9.97 Å². The van der Waals surface area contributed by atoms with Gasteiger partial charge in [-0.05, 0) is 24.6 Å². The molecule has 0 spiro atoms. The Labute approximate surface area is 127 Å². The zero-order valence-corrected chi connectivity index (χ0v) is 12.3. The van der Waals surface area contributed by atoms with E-state index in [-0.39, 0.29) is 5.91 Å². The molecule has 0 bridgehead atoms. The minimum atomic E-state index is -0.618. The Morgan fingerprint density at radius 2 is 2.32 bits per heavy atom. The fourth-order valence-corrected chi connectivity index (χ4v) is 2.29. The molecule has 0 aliphatic carbocycles. The zero-order chi connectivity index (χ0) is 15.5. The first-order valence-corrected chi connectivity index (χ1v) is 7.07. The van der Waals surface area contributed by atoms with Gasteiger partial charge in [-0.1, -0.05) is 6.07 Å². The van der Waals surface area contributed by atoms with E-state index >= 15 is 0 Å². The summed E-state index contributed by atoms with van der Waals surface area (Å²) in [6.07, 6.45) is 3.65. The van der Waals surface area contributed by atoms with E-state index in [2.05, 4.69) is 25.3 Å². The van der Waals surface area contributed by atoms with E-state index in [1.54, 1.807) is 12.5 Å². The summed E-state index contributed by atoms with van der Waals surface area (Å²) in [4.78, 5) is 26.5. The smallest absolute Gasteiger partial charge is 0.237 e. The summed E-state index contributed by atoms with van der Waals surface area (Å²) >= 11 is 0. The monoisotopic (exact) mass is 298 g/mol. The molecule has 7 heteroatoms. The third-order valence-corrected chi connectivity index (χ3v) is 3.45. The summed E-state index contributed by atoms with van der Waals surface area (Å²) in [6.45, 7) is 2.35. The minimum absolute atomic E-state index is 0.216. The van der Waals surface area contributed by atoms with Crippen molar-refractivity contribution in [2.75, 3.05) is 0 Å². The van der Waals surface area contributed by atoms with Crippen LogP contribution in [0, 0.1) is 6.92 Å². The van der Waals surface area contributed by atoms with Crippen LogP contribution in [0.5, 0.6) is 0 Å². The maximum atomic E-state index is 12.0. The molecule has 2 aromatic heterocycles. The number of carbonyl (C=O) groups excluding carboxylic acids is 1. The Morgan fingerprint density at radius 3 is 3.09 bits per heavy atom. The highest BCUT2D eigenvalue weighted by Gasteiger charge is 2.15.